The van der Waals surface area contributed by atoms with Crippen LogP contribution in [0.1, 0.15) is 13.3 Å². The Kier molecular flexibility index (Phi) is 6.31. The Morgan fingerprint density at radius 1 is 1.68 bits per heavy atom. The average molecular weight is 269 g/mol. The van der Waals surface area contributed by atoms with Crippen molar-refractivity contribution in [3.8, 4) is 0 Å². The second-order valence-electron chi connectivity index (χ2n) is 4.70. The number of anilines is 1. The monoisotopic (exact) mass is 269 g/mol. The minimum atomic E-state index is -0.594. The second kappa shape index (κ2) is 7.75. The number of hydrogen-bond acceptors (Lipinski definition) is 5. The zero-order valence-corrected chi connectivity index (χ0v) is 11.5. The standard InChI is InChI=1S/C12H23N5O2/c1-3-4-14-12(19)9-16(2)7-11(18)8-17-6-10(13)5-15-17/h5-6,11,18H,3-4,7-9,13H2,1-2H3,(H,14,19). The van der Waals surface area contributed by atoms with Gasteiger partial charge < -0.3 is 16.2 Å². The third kappa shape index (κ3) is 6.21. The minimum absolute atomic E-state index is 0.0279. The molecule has 0 saturated heterocycles. The normalized spacial score (nSPS) is 12.6. The zero-order valence-electron chi connectivity index (χ0n) is 11.5. The van der Waals surface area contributed by atoms with Crippen molar-refractivity contribution in [3.05, 3.63) is 12.4 Å². The number of carbonyl (C=O) groups excluding carboxylic acids is 1. The van der Waals surface area contributed by atoms with Crippen LogP contribution in [0.2, 0.25) is 0 Å². The second-order valence-corrected chi connectivity index (χ2v) is 4.70. The highest BCUT2D eigenvalue weighted by Gasteiger charge is 2.12. The summed E-state index contributed by atoms with van der Waals surface area (Å²) in [5.74, 6) is -0.0279. The van der Waals surface area contributed by atoms with Crippen LogP contribution in [0.3, 0.4) is 0 Å². The molecule has 0 radical (unpaired) electrons. The zero-order chi connectivity index (χ0) is 14.3. The Hall–Kier alpha value is -1.60. The smallest absolute Gasteiger partial charge is 0.234 e. The van der Waals surface area contributed by atoms with E-state index in [1.807, 2.05) is 6.92 Å². The van der Waals surface area contributed by atoms with Gasteiger partial charge in [-0.15, -0.1) is 0 Å². The lowest BCUT2D eigenvalue weighted by molar-refractivity contribution is -0.122. The number of rotatable bonds is 8. The number of aliphatic hydroxyl groups excluding tert-OH is 1. The summed E-state index contributed by atoms with van der Waals surface area (Å²) in [4.78, 5) is 13.3. The van der Waals surface area contributed by atoms with E-state index in [9.17, 15) is 9.90 Å². The fourth-order valence-corrected chi connectivity index (χ4v) is 1.74. The van der Waals surface area contributed by atoms with E-state index in [1.165, 1.54) is 6.20 Å². The van der Waals surface area contributed by atoms with Crippen molar-refractivity contribution < 1.29 is 9.90 Å². The molecule has 4 N–H and O–H groups in total. The summed E-state index contributed by atoms with van der Waals surface area (Å²) < 4.78 is 1.59. The molecule has 0 saturated carbocycles. The Labute approximate surface area is 113 Å². The summed E-state index contributed by atoms with van der Waals surface area (Å²) in [6.45, 7) is 3.72. The number of nitrogens with zero attached hydrogens (tertiary/aromatic N) is 3. The fourth-order valence-electron chi connectivity index (χ4n) is 1.74. The Bertz CT molecular complexity index is 393. The summed E-state index contributed by atoms with van der Waals surface area (Å²) >= 11 is 0. The molecule has 0 spiro atoms. The minimum Gasteiger partial charge on any atom is -0.396 e. The maximum absolute atomic E-state index is 11.5. The van der Waals surface area contributed by atoms with Gasteiger partial charge in [0.15, 0.2) is 0 Å². The largest absolute Gasteiger partial charge is 0.396 e. The number of nitrogens with one attached hydrogen (secondary N) is 1. The molecular formula is C12H23N5O2. The number of nitrogens with two attached hydrogens (primary N) is 1. The molecule has 0 aliphatic heterocycles. The Morgan fingerprint density at radius 2 is 2.42 bits per heavy atom. The molecule has 19 heavy (non-hydrogen) atoms. The number of hydrogen-bond donors (Lipinski definition) is 3. The molecule has 0 aliphatic carbocycles. The highest BCUT2D eigenvalue weighted by Crippen LogP contribution is 2.00. The third-order valence-corrected chi connectivity index (χ3v) is 2.56. The number of likely N-dealkylation sites (N-methyl/N-ethyl adjacent to an activating group) is 1. The first-order valence-electron chi connectivity index (χ1n) is 6.42. The molecule has 1 atom stereocenters. The van der Waals surface area contributed by atoms with Crippen LogP contribution in [-0.2, 0) is 11.3 Å². The summed E-state index contributed by atoms with van der Waals surface area (Å²) in [6, 6.07) is 0. The Morgan fingerprint density at radius 3 is 3.00 bits per heavy atom. The molecule has 7 heteroatoms. The van der Waals surface area contributed by atoms with Crippen LogP contribution >= 0.6 is 0 Å². The number of amides is 1. The predicted molar refractivity (Wildman–Crippen MR) is 73.4 cm³/mol. The van der Waals surface area contributed by atoms with E-state index in [2.05, 4.69) is 10.4 Å². The van der Waals surface area contributed by atoms with Gasteiger partial charge in [-0.3, -0.25) is 14.4 Å². The lowest BCUT2D eigenvalue weighted by Crippen LogP contribution is -2.39. The third-order valence-electron chi connectivity index (χ3n) is 2.56. The number of aliphatic hydroxyl groups is 1. The fraction of sp³-hybridized carbons (Fsp3) is 0.667. The first-order chi connectivity index (χ1) is 9.01. The van der Waals surface area contributed by atoms with Gasteiger partial charge in [0.2, 0.25) is 5.91 Å². The van der Waals surface area contributed by atoms with Crippen molar-refractivity contribution in [3.63, 3.8) is 0 Å². The number of nitrogen functional groups attached to an aromatic ring is 1. The molecule has 1 amide bonds. The van der Waals surface area contributed by atoms with Crippen LogP contribution in [0.4, 0.5) is 5.69 Å². The molecule has 1 aromatic heterocycles. The van der Waals surface area contributed by atoms with Crippen LogP contribution < -0.4 is 11.1 Å². The van der Waals surface area contributed by atoms with Crippen molar-refractivity contribution in [2.45, 2.75) is 26.0 Å². The highest BCUT2D eigenvalue weighted by molar-refractivity contribution is 5.77. The van der Waals surface area contributed by atoms with Gasteiger partial charge in [-0.25, -0.2) is 0 Å². The van der Waals surface area contributed by atoms with Gasteiger partial charge in [0.1, 0.15) is 0 Å². The summed E-state index contributed by atoms with van der Waals surface area (Å²) in [5, 5.41) is 16.7. The van der Waals surface area contributed by atoms with Crippen LogP contribution in [0.25, 0.3) is 0 Å². The maximum Gasteiger partial charge on any atom is 0.234 e. The van der Waals surface area contributed by atoms with Gasteiger partial charge in [-0.2, -0.15) is 5.10 Å². The van der Waals surface area contributed by atoms with E-state index in [0.29, 0.717) is 25.3 Å². The highest BCUT2D eigenvalue weighted by atomic mass is 16.3. The van der Waals surface area contributed by atoms with Gasteiger partial charge in [0.25, 0.3) is 0 Å². The van der Waals surface area contributed by atoms with Gasteiger partial charge in [0, 0.05) is 19.3 Å². The van der Waals surface area contributed by atoms with Gasteiger partial charge in [0.05, 0.1) is 31.1 Å². The van der Waals surface area contributed by atoms with E-state index >= 15 is 0 Å². The van der Waals surface area contributed by atoms with Gasteiger partial charge >= 0.3 is 0 Å². The van der Waals surface area contributed by atoms with Crippen molar-refractivity contribution in [2.75, 3.05) is 32.4 Å². The van der Waals surface area contributed by atoms with Gasteiger partial charge in [-0.05, 0) is 13.5 Å². The van der Waals surface area contributed by atoms with Crippen LogP contribution in [0.15, 0.2) is 12.4 Å². The molecule has 1 aromatic rings. The predicted octanol–water partition coefficient (Wildman–Crippen LogP) is -0.716. The van der Waals surface area contributed by atoms with Crippen molar-refractivity contribution in [2.24, 2.45) is 0 Å². The van der Waals surface area contributed by atoms with Gasteiger partial charge in [-0.1, -0.05) is 6.92 Å². The first kappa shape index (κ1) is 15.5. The lowest BCUT2D eigenvalue weighted by atomic mass is 10.3. The van der Waals surface area contributed by atoms with E-state index in [1.54, 1.807) is 22.8 Å². The molecule has 108 valence electrons. The maximum atomic E-state index is 11.5. The molecule has 0 aromatic carbocycles. The van der Waals surface area contributed by atoms with E-state index < -0.39 is 6.10 Å². The topological polar surface area (TPSA) is 96.4 Å². The Balaban J connectivity index is 2.27. The first-order valence-corrected chi connectivity index (χ1v) is 6.42. The van der Waals surface area contributed by atoms with E-state index in [0.717, 1.165) is 6.42 Å². The van der Waals surface area contributed by atoms with Crippen LogP contribution in [0, 0.1) is 0 Å². The molecule has 0 aliphatic rings. The average Bonchev–Trinajstić information content (AvgIpc) is 2.71. The summed E-state index contributed by atoms with van der Waals surface area (Å²) in [5.41, 5.74) is 6.11. The number of carbonyl (C=O) groups is 1. The summed E-state index contributed by atoms with van der Waals surface area (Å²) in [7, 11) is 1.80. The van der Waals surface area contributed by atoms with Crippen LogP contribution in [-0.4, -0.2) is 58.5 Å². The SMILES string of the molecule is CCCNC(=O)CN(C)CC(O)Cn1cc(N)cn1. The quantitative estimate of drug-likeness (QED) is 0.579. The molecular weight excluding hydrogens is 246 g/mol. The number of aromatic nitrogens is 2. The molecule has 1 heterocycles. The lowest BCUT2D eigenvalue weighted by Gasteiger charge is -2.20. The molecule has 1 unspecified atom stereocenters. The van der Waals surface area contributed by atoms with Crippen molar-refractivity contribution in [1.82, 2.24) is 20.0 Å². The molecule has 7 nitrogen and oxygen atoms in total. The van der Waals surface area contributed by atoms with Crippen molar-refractivity contribution in [1.29, 1.82) is 0 Å². The van der Waals surface area contributed by atoms with E-state index in [4.69, 9.17) is 5.73 Å². The molecule has 0 bridgehead atoms. The van der Waals surface area contributed by atoms with Crippen molar-refractivity contribution >= 4 is 11.6 Å². The summed E-state index contributed by atoms with van der Waals surface area (Å²) in [6.07, 6.45) is 3.52. The van der Waals surface area contributed by atoms with Crippen LogP contribution in [0.5, 0.6) is 0 Å². The van der Waals surface area contributed by atoms with E-state index in [-0.39, 0.29) is 12.5 Å². The molecule has 1 rings (SSSR count). The molecule has 0 fully saturated rings.